The maximum Gasteiger partial charge on any atom is 0.227 e. The number of ether oxygens (including phenoxy) is 5. The van der Waals surface area contributed by atoms with E-state index in [-0.39, 0.29) is 36.7 Å². The number of amides is 2. The molecule has 0 saturated heterocycles. The zero-order valence-corrected chi connectivity index (χ0v) is 45.2. The number of anilines is 2. The Hall–Kier alpha value is -6.23. The van der Waals surface area contributed by atoms with Crippen LogP contribution < -0.4 is 25.4 Å². The van der Waals surface area contributed by atoms with E-state index in [1.807, 2.05) is 97.5 Å². The van der Waals surface area contributed by atoms with Gasteiger partial charge in [0.25, 0.3) is 0 Å². The van der Waals surface area contributed by atoms with Gasteiger partial charge in [-0.05, 0) is 67.8 Å². The molecule has 1 aliphatic heterocycles. The van der Waals surface area contributed by atoms with Crippen LogP contribution in [0.15, 0.2) is 100 Å². The van der Waals surface area contributed by atoms with E-state index in [2.05, 4.69) is 42.3 Å². The SMILES string of the molecule is Cc1nc2c(ccc3c(=O)cc(-c4ccc(N(C)CCOCCOCCOCCOCCOCCn5nnc6c5-c5ccccc5CN(C(=O)CCC(=O)NCCCCCCOP([O-])(O)=S)c5ccccc5-6)cc4)oc32)[nH]1. The van der Waals surface area contributed by atoms with E-state index in [1.54, 1.807) is 11.0 Å². The average molecular weight is 1090 g/mol. The smallest absolute Gasteiger partial charge is 0.227 e. The number of nitrogens with one attached hydrogen (secondary N) is 2. The number of nitrogens with zero attached hydrogens (tertiary/aromatic N) is 6. The van der Waals surface area contributed by atoms with Crippen LogP contribution in [0, 0.1) is 6.92 Å². The maximum absolute atomic E-state index is 13.9. The number of aryl methyl sites for hydroxylation is 1. The van der Waals surface area contributed by atoms with Crippen LogP contribution in [-0.2, 0) is 62.7 Å². The molecule has 2 amide bonds. The van der Waals surface area contributed by atoms with Crippen LogP contribution in [0.25, 0.3) is 55.8 Å². The summed E-state index contributed by atoms with van der Waals surface area (Å²) in [7, 11) is 2.00. The summed E-state index contributed by atoms with van der Waals surface area (Å²) in [6.07, 6.45) is 2.98. The first-order valence-electron chi connectivity index (χ1n) is 25.9. The predicted molar refractivity (Wildman–Crippen MR) is 295 cm³/mol. The molecule has 1 unspecified atom stereocenters. The molecule has 0 fully saturated rings. The standard InChI is InChI=1S/C55H67N8O12PS/c1-39-57-46-20-19-45-48(64)37-49(75-55(45)53(46)58-39)40-15-17-42(18-16-40)61(2)24-27-69-29-31-71-33-35-73-36-34-72-32-30-70-28-25-63-54-43-12-6-5-11-41(43)38-62(47-14-8-7-13-44(47)52(54)59-60-63)51(66)22-21-50(65)56-23-9-3-4-10-26-74-76(67,68)77/h5-8,11-20,37H,3-4,9-10,21-36,38H2,1-2H3,(H,56,65)(H,57,58)(H2,67,68,77)/p-1. The van der Waals surface area contributed by atoms with Gasteiger partial charge in [-0.2, -0.15) is 0 Å². The lowest BCUT2D eigenvalue weighted by Crippen LogP contribution is -2.33. The van der Waals surface area contributed by atoms with E-state index in [4.69, 9.17) is 37.5 Å². The van der Waals surface area contributed by atoms with Gasteiger partial charge in [0, 0.05) is 61.4 Å². The summed E-state index contributed by atoms with van der Waals surface area (Å²) >= 11 is 4.34. The Morgan fingerprint density at radius 3 is 2.21 bits per heavy atom. The van der Waals surface area contributed by atoms with E-state index < -0.39 is 6.72 Å². The maximum atomic E-state index is 13.9. The molecule has 0 spiro atoms. The Morgan fingerprint density at radius 2 is 1.48 bits per heavy atom. The van der Waals surface area contributed by atoms with Crippen molar-refractivity contribution in [1.82, 2.24) is 30.3 Å². The van der Waals surface area contributed by atoms with Crippen molar-refractivity contribution in [2.45, 2.75) is 58.5 Å². The summed E-state index contributed by atoms with van der Waals surface area (Å²) in [5.41, 5.74) is 8.41. The van der Waals surface area contributed by atoms with Crippen molar-refractivity contribution in [3.05, 3.63) is 113 Å². The van der Waals surface area contributed by atoms with Crippen molar-refractivity contribution in [1.29, 1.82) is 0 Å². The zero-order valence-electron chi connectivity index (χ0n) is 43.5. The lowest BCUT2D eigenvalue weighted by molar-refractivity contribution is -0.201. The lowest BCUT2D eigenvalue weighted by Gasteiger charge is -2.28. The number of hydrogen-bond donors (Lipinski definition) is 3. The summed E-state index contributed by atoms with van der Waals surface area (Å²) in [4.78, 5) is 71.2. The second kappa shape index (κ2) is 28.4. The van der Waals surface area contributed by atoms with Crippen LogP contribution in [0.1, 0.15) is 49.9 Å². The fourth-order valence-corrected chi connectivity index (χ4v) is 9.50. The molecule has 1 aliphatic rings. The number of carbonyl (C=O) groups is 2. The highest BCUT2D eigenvalue weighted by molar-refractivity contribution is 8.06. The van der Waals surface area contributed by atoms with Crippen molar-refractivity contribution in [3.63, 3.8) is 0 Å². The molecule has 0 aliphatic carbocycles. The van der Waals surface area contributed by atoms with E-state index in [9.17, 15) is 19.3 Å². The molecule has 0 radical (unpaired) electrons. The molecular weight excluding hydrogens is 1030 g/mol. The number of imidazole rings is 1. The molecule has 7 aromatic rings. The van der Waals surface area contributed by atoms with Crippen molar-refractivity contribution in [2.75, 3.05) is 103 Å². The minimum absolute atomic E-state index is 0.0267. The molecule has 410 valence electrons. The van der Waals surface area contributed by atoms with Gasteiger partial charge < -0.3 is 62.5 Å². The van der Waals surface area contributed by atoms with Crippen LogP contribution in [-0.4, -0.2) is 134 Å². The molecule has 3 aromatic heterocycles. The highest BCUT2D eigenvalue weighted by Crippen LogP contribution is 2.41. The van der Waals surface area contributed by atoms with Crippen LogP contribution >= 0.6 is 6.72 Å². The molecule has 20 nitrogen and oxygen atoms in total. The number of unbranched alkanes of at least 4 members (excludes halogenated alkanes) is 3. The lowest BCUT2D eigenvalue weighted by atomic mass is 9.95. The number of aromatic amines is 1. The molecule has 1 atom stereocenters. The Bertz CT molecular complexity index is 3160. The zero-order chi connectivity index (χ0) is 54.0. The Balaban J connectivity index is 0.673. The normalized spacial score (nSPS) is 13.0. The van der Waals surface area contributed by atoms with Gasteiger partial charge in [-0.25, -0.2) is 9.67 Å². The van der Waals surface area contributed by atoms with Gasteiger partial charge in [0.1, 0.15) is 29.5 Å². The first kappa shape index (κ1) is 57.0. The fourth-order valence-electron chi connectivity index (χ4n) is 8.92. The summed E-state index contributed by atoms with van der Waals surface area (Å²) < 4.78 is 41.6. The first-order valence-corrected chi connectivity index (χ1v) is 28.5. The number of H-pyrrole nitrogens is 1. The van der Waals surface area contributed by atoms with Crippen molar-refractivity contribution in [3.8, 4) is 33.8 Å². The second-order valence-electron chi connectivity index (χ2n) is 18.4. The van der Waals surface area contributed by atoms with Crippen molar-refractivity contribution < 1.29 is 52.0 Å². The number of hydrogen-bond acceptors (Lipinski definition) is 16. The molecule has 0 saturated carbocycles. The van der Waals surface area contributed by atoms with Crippen molar-refractivity contribution in [2.24, 2.45) is 0 Å². The van der Waals surface area contributed by atoms with E-state index in [0.29, 0.717) is 132 Å². The number of fused-ring (bicyclic) bond motifs is 8. The second-order valence-corrected chi connectivity index (χ2v) is 21.0. The molecule has 4 aromatic carbocycles. The third-order valence-corrected chi connectivity index (χ3v) is 13.7. The molecule has 77 heavy (non-hydrogen) atoms. The first-order chi connectivity index (χ1) is 37.4. The Labute approximate surface area is 451 Å². The fraction of sp³-hybridized carbons (Fsp3) is 0.418. The average Bonchev–Trinajstić information content (AvgIpc) is 4.04. The molecule has 0 bridgehead atoms. The van der Waals surface area contributed by atoms with Crippen LogP contribution in [0.4, 0.5) is 11.4 Å². The summed E-state index contributed by atoms with van der Waals surface area (Å²) in [5, 5.41) is 12.6. The van der Waals surface area contributed by atoms with Gasteiger partial charge in [-0.1, -0.05) is 72.3 Å². The van der Waals surface area contributed by atoms with Gasteiger partial charge in [-0.15, -0.1) is 5.10 Å². The Morgan fingerprint density at radius 1 is 0.818 bits per heavy atom. The predicted octanol–water partition coefficient (Wildman–Crippen LogP) is 6.69. The number of likely N-dealkylation sites (N-methyl/N-ethyl adjacent to an activating group) is 1. The van der Waals surface area contributed by atoms with Crippen LogP contribution in [0.2, 0.25) is 0 Å². The number of para-hydroxylation sites is 1. The van der Waals surface area contributed by atoms with Gasteiger partial charge >= 0.3 is 0 Å². The van der Waals surface area contributed by atoms with Gasteiger partial charge in [0.15, 0.2) is 11.0 Å². The van der Waals surface area contributed by atoms with Gasteiger partial charge in [0.05, 0.1) is 108 Å². The van der Waals surface area contributed by atoms with Crippen LogP contribution in [0.5, 0.6) is 0 Å². The number of carbonyl (C=O) groups excluding carboxylic acids is 2. The molecule has 4 heterocycles. The van der Waals surface area contributed by atoms with Crippen molar-refractivity contribution >= 4 is 63.7 Å². The number of benzene rings is 4. The topological polar surface area (TPSA) is 241 Å². The summed E-state index contributed by atoms with van der Waals surface area (Å²) in [6, 6.07) is 28.5. The molecular formula is C55H66N8O12PS-. The quantitative estimate of drug-likeness (QED) is 0.0303. The largest absolute Gasteiger partial charge is 0.780 e. The monoisotopic (exact) mass is 1090 g/mol. The highest BCUT2D eigenvalue weighted by atomic mass is 32.5. The third-order valence-electron chi connectivity index (χ3n) is 12.9. The van der Waals surface area contributed by atoms with Gasteiger partial charge in [-0.3, -0.25) is 14.4 Å². The molecule has 8 rings (SSSR count). The van der Waals surface area contributed by atoms with E-state index in [1.165, 1.54) is 6.07 Å². The number of aromatic nitrogens is 5. The van der Waals surface area contributed by atoms with E-state index in [0.717, 1.165) is 64.2 Å². The molecule has 3 N–H and O–H groups in total. The van der Waals surface area contributed by atoms with E-state index >= 15 is 0 Å². The third kappa shape index (κ3) is 16.2. The minimum Gasteiger partial charge on any atom is -0.780 e. The summed E-state index contributed by atoms with van der Waals surface area (Å²) in [6.45, 7) is 4.37. The van der Waals surface area contributed by atoms with Gasteiger partial charge in [0.2, 0.25) is 11.8 Å². The summed E-state index contributed by atoms with van der Waals surface area (Å²) in [5.74, 6) is 0.857. The van der Waals surface area contributed by atoms with Crippen LogP contribution in [0.3, 0.4) is 0 Å². The minimum atomic E-state index is -3.87. The molecule has 22 heteroatoms. The highest BCUT2D eigenvalue weighted by Gasteiger charge is 2.29. The number of rotatable bonds is 31. The Kier molecular flexibility index (Phi) is 21.0.